The van der Waals surface area contributed by atoms with Crippen molar-refractivity contribution in [2.24, 2.45) is 0 Å². The van der Waals surface area contributed by atoms with E-state index in [0.29, 0.717) is 0 Å². The number of rotatable bonds is 4. The predicted octanol–water partition coefficient (Wildman–Crippen LogP) is 4.48. The monoisotopic (exact) mass is 368 g/mol. The largest absolute Gasteiger partial charge is 0.324 e. The molecule has 2 aliphatic rings. The van der Waals surface area contributed by atoms with E-state index < -0.39 is 0 Å². The number of fused-ring (bicyclic) bond motifs is 1. The molecule has 114 valence electrons. The van der Waals surface area contributed by atoms with Crippen LogP contribution in [-0.2, 0) is 4.79 Å². The van der Waals surface area contributed by atoms with Gasteiger partial charge < -0.3 is 10.6 Å². The third-order valence-electron chi connectivity index (χ3n) is 4.19. The fourth-order valence-electron chi connectivity index (χ4n) is 3.12. The first-order chi connectivity index (χ1) is 10.2. The summed E-state index contributed by atoms with van der Waals surface area (Å²) in [5, 5.41) is 6.96. The zero-order valence-corrected chi connectivity index (χ0v) is 14.6. The molecule has 0 aromatic heterocycles. The van der Waals surface area contributed by atoms with Crippen LogP contribution in [0.4, 0.5) is 5.69 Å². The minimum absolute atomic E-state index is 0.0542. The van der Waals surface area contributed by atoms with Gasteiger partial charge in [-0.3, -0.25) is 4.79 Å². The van der Waals surface area contributed by atoms with Crippen LogP contribution in [0.1, 0.15) is 50.6 Å². The number of nitrogens with one attached hydrogen (secondary N) is 2. The van der Waals surface area contributed by atoms with Gasteiger partial charge in [0.15, 0.2) is 0 Å². The fraction of sp³-hybridized carbons (Fsp3) is 0.562. The third kappa shape index (κ3) is 3.30. The van der Waals surface area contributed by atoms with Gasteiger partial charge in [0.25, 0.3) is 0 Å². The molecule has 1 fully saturated rings. The molecule has 3 rings (SSSR count). The second-order valence-corrected chi connectivity index (χ2v) is 7.92. The molecule has 0 radical (unpaired) electrons. The molecule has 0 spiro atoms. The number of halogens is 1. The van der Waals surface area contributed by atoms with Crippen molar-refractivity contribution < 1.29 is 4.79 Å². The van der Waals surface area contributed by atoms with E-state index in [1.54, 1.807) is 0 Å². The Hall–Kier alpha value is -0.520. The number of hydrogen-bond donors (Lipinski definition) is 2. The first-order valence-corrected chi connectivity index (χ1v) is 9.40. The topological polar surface area (TPSA) is 41.1 Å². The number of carbonyl (C=O) groups is 1. The molecule has 1 aromatic carbocycles. The molecule has 1 amide bonds. The molecule has 5 heteroatoms. The van der Waals surface area contributed by atoms with Crippen molar-refractivity contribution >= 4 is 39.3 Å². The highest BCUT2D eigenvalue weighted by Gasteiger charge is 2.31. The molecule has 0 bridgehead atoms. The van der Waals surface area contributed by atoms with Crippen molar-refractivity contribution in [3.05, 3.63) is 22.2 Å². The van der Waals surface area contributed by atoms with Gasteiger partial charge >= 0.3 is 0 Å². The van der Waals surface area contributed by atoms with Gasteiger partial charge in [-0.2, -0.15) is 0 Å². The van der Waals surface area contributed by atoms with Gasteiger partial charge in [0, 0.05) is 25.9 Å². The van der Waals surface area contributed by atoms with Gasteiger partial charge in [-0.1, -0.05) is 26.2 Å². The Morgan fingerprint density at radius 2 is 2.10 bits per heavy atom. The fourth-order valence-corrected chi connectivity index (χ4v) is 5.05. The Labute approximate surface area is 138 Å². The summed E-state index contributed by atoms with van der Waals surface area (Å²) < 4.78 is 1.11. The molecular weight excluding hydrogens is 348 g/mol. The molecule has 1 saturated carbocycles. The minimum Gasteiger partial charge on any atom is -0.324 e. The lowest BCUT2D eigenvalue weighted by Crippen LogP contribution is -2.27. The van der Waals surface area contributed by atoms with Crippen LogP contribution in [0.5, 0.6) is 0 Å². The first kappa shape index (κ1) is 15.4. The predicted molar refractivity (Wildman–Crippen MR) is 91.9 cm³/mol. The number of amides is 1. The van der Waals surface area contributed by atoms with E-state index in [-0.39, 0.29) is 11.9 Å². The molecule has 3 nitrogen and oxygen atoms in total. The number of likely N-dealkylation sites (N-methyl/N-ethyl adjacent to an activating group) is 1. The minimum atomic E-state index is -0.213. The van der Waals surface area contributed by atoms with Crippen LogP contribution in [-0.4, -0.2) is 17.7 Å². The number of carbonyl (C=O) groups excluding carboxylic acids is 1. The number of hydrogen-bond acceptors (Lipinski definition) is 3. The SMILES string of the molecule is CCNC1C(=O)Nc2cc(SC3CCCCC3)c(Br)cc21. The normalized spacial score (nSPS) is 22.2. The number of benzene rings is 1. The van der Waals surface area contributed by atoms with Gasteiger partial charge in [0.05, 0.1) is 0 Å². The summed E-state index contributed by atoms with van der Waals surface area (Å²) >= 11 is 5.64. The molecule has 21 heavy (non-hydrogen) atoms. The summed E-state index contributed by atoms with van der Waals surface area (Å²) in [5.74, 6) is 0.0542. The molecule has 1 heterocycles. The first-order valence-electron chi connectivity index (χ1n) is 7.73. The molecule has 1 aliphatic heterocycles. The van der Waals surface area contributed by atoms with Crippen molar-refractivity contribution in [1.82, 2.24) is 5.32 Å². The summed E-state index contributed by atoms with van der Waals surface area (Å²) in [6.07, 6.45) is 6.68. The van der Waals surface area contributed by atoms with Gasteiger partial charge in [0.1, 0.15) is 6.04 Å². The number of thioether (sulfide) groups is 1. The van der Waals surface area contributed by atoms with E-state index in [2.05, 4.69) is 38.7 Å². The molecule has 1 atom stereocenters. The summed E-state index contributed by atoms with van der Waals surface area (Å²) in [4.78, 5) is 13.3. The van der Waals surface area contributed by atoms with Crippen LogP contribution in [0.15, 0.2) is 21.5 Å². The Morgan fingerprint density at radius 1 is 1.33 bits per heavy atom. The second kappa shape index (κ2) is 6.71. The van der Waals surface area contributed by atoms with Crippen LogP contribution in [0, 0.1) is 0 Å². The zero-order chi connectivity index (χ0) is 14.8. The summed E-state index contributed by atoms with van der Waals surface area (Å²) in [6.45, 7) is 2.81. The average Bonchev–Trinajstić information content (AvgIpc) is 2.77. The maximum Gasteiger partial charge on any atom is 0.246 e. The van der Waals surface area contributed by atoms with E-state index in [1.165, 1.54) is 37.0 Å². The van der Waals surface area contributed by atoms with E-state index in [0.717, 1.165) is 27.5 Å². The lowest BCUT2D eigenvalue weighted by Gasteiger charge is -2.22. The second-order valence-electron chi connectivity index (χ2n) is 5.73. The van der Waals surface area contributed by atoms with Gasteiger partial charge in [-0.15, -0.1) is 11.8 Å². The summed E-state index contributed by atoms with van der Waals surface area (Å²) in [6, 6.07) is 4.02. The van der Waals surface area contributed by atoms with Crippen LogP contribution < -0.4 is 10.6 Å². The lowest BCUT2D eigenvalue weighted by atomic mass is 10.0. The third-order valence-corrected chi connectivity index (χ3v) is 6.50. The molecule has 1 unspecified atom stereocenters. The van der Waals surface area contributed by atoms with E-state index in [9.17, 15) is 4.79 Å². The Morgan fingerprint density at radius 3 is 2.81 bits per heavy atom. The van der Waals surface area contributed by atoms with Gasteiger partial charge in [0.2, 0.25) is 5.91 Å². The van der Waals surface area contributed by atoms with Gasteiger partial charge in [-0.25, -0.2) is 0 Å². The van der Waals surface area contributed by atoms with Gasteiger partial charge in [-0.05, 0) is 47.4 Å². The smallest absolute Gasteiger partial charge is 0.246 e. The van der Waals surface area contributed by atoms with E-state index >= 15 is 0 Å². The molecule has 0 saturated heterocycles. The highest BCUT2D eigenvalue weighted by Crippen LogP contribution is 2.42. The Balaban J connectivity index is 1.81. The van der Waals surface area contributed by atoms with Crippen LogP contribution >= 0.6 is 27.7 Å². The van der Waals surface area contributed by atoms with Crippen molar-refractivity contribution in [1.29, 1.82) is 0 Å². The zero-order valence-electron chi connectivity index (χ0n) is 12.2. The van der Waals surface area contributed by atoms with Crippen molar-refractivity contribution in [3.8, 4) is 0 Å². The summed E-state index contributed by atoms with van der Waals surface area (Å²) in [7, 11) is 0. The maximum absolute atomic E-state index is 12.0. The molecule has 1 aliphatic carbocycles. The van der Waals surface area contributed by atoms with Crippen LogP contribution in [0.25, 0.3) is 0 Å². The maximum atomic E-state index is 12.0. The lowest BCUT2D eigenvalue weighted by molar-refractivity contribution is -0.117. The highest BCUT2D eigenvalue weighted by molar-refractivity contribution is 9.10. The van der Waals surface area contributed by atoms with E-state index in [1.807, 2.05) is 18.7 Å². The molecule has 2 N–H and O–H groups in total. The molecule has 1 aromatic rings. The van der Waals surface area contributed by atoms with E-state index in [4.69, 9.17) is 0 Å². The van der Waals surface area contributed by atoms with Crippen LogP contribution in [0.2, 0.25) is 0 Å². The van der Waals surface area contributed by atoms with Crippen LogP contribution in [0.3, 0.4) is 0 Å². The quantitative estimate of drug-likeness (QED) is 0.823. The Kier molecular flexibility index (Phi) is 4.92. The van der Waals surface area contributed by atoms with Crippen molar-refractivity contribution in [2.75, 3.05) is 11.9 Å². The molecular formula is C16H21BrN2OS. The van der Waals surface area contributed by atoms with Crippen molar-refractivity contribution in [2.45, 2.75) is 55.2 Å². The number of anilines is 1. The highest BCUT2D eigenvalue weighted by atomic mass is 79.9. The van der Waals surface area contributed by atoms with Crippen molar-refractivity contribution in [3.63, 3.8) is 0 Å². The Bertz CT molecular complexity index is 543. The average molecular weight is 369 g/mol. The standard InChI is InChI=1S/C16H21BrN2OS/c1-2-18-15-11-8-12(17)14(9-13(11)19-16(15)20)21-10-6-4-3-5-7-10/h8-10,15,18H,2-7H2,1H3,(H,19,20). The summed E-state index contributed by atoms with van der Waals surface area (Å²) in [5.41, 5.74) is 2.02.